The van der Waals surface area contributed by atoms with Crippen LogP contribution in [0.2, 0.25) is 0 Å². The van der Waals surface area contributed by atoms with Crippen LogP contribution in [0.25, 0.3) is 5.69 Å². The van der Waals surface area contributed by atoms with Crippen molar-refractivity contribution in [2.75, 3.05) is 6.54 Å². The first kappa shape index (κ1) is 19.7. The van der Waals surface area contributed by atoms with Crippen molar-refractivity contribution in [1.29, 1.82) is 0 Å². The zero-order chi connectivity index (χ0) is 19.8. The first-order valence-electron chi connectivity index (χ1n) is 9.82. The van der Waals surface area contributed by atoms with Crippen LogP contribution in [0, 0.1) is 0 Å². The van der Waals surface area contributed by atoms with Crippen molar-refractivity contribution in [2.45, 2.75) is 46.7 Å². The molecule has 2 N–H and O–H groups in total. The average molecular weight is 380 g/mol. The highest BCUT2D eigenvalue weighted by atomic mass is 16.5. The molecule has 0 aliphatic heterocycles. The van der Waals surface area contributed by atoms with Gasteiger partial charge >= 0.3 is 0 Å². The molecule has 7 heteroatoms. The standard InChI is InChI=1S/C21H28N6O/c1-4-19-18(20(5-2)28-26-19)15-24-21(22-6-3)23-14-16-8-10-17(11-9-16)27-13-7-12-25-27/h7-13H,4-6,14-15H2,1-3H3,(H2,22,23,24). The van der Waals surface area contributed by atoms with Crippen molar-refractivity contribution in [3.63, 3.8) is 0 Å². The zero-order valence-corrected chi connectivity index (χ0v) is 16.8. The molecule has 0 aliphatic rings. The molecule has 0 atom stereocenters. The highest BCUT2D eigenvalue weighted by Gasteiger charge is 2.13. The summed E-state index contributed by atoms with van der Waals surface area (Å²) in [5.74, 6) is 1.72. The summed E-state index contributed by atoms with van der Waals surface area (Å²) >= 11 is 0. The second-order valence-corrected chi connectivity index (χ2v) is 6.40. The molecule has 0 spiro atoms. The Hall–Kier alpha value is -3.09. The second-order valence-electron chi connectivity index (χ2n) is 6.40. The first-order valence-corrected chi connectivity index (χ1v) is 9.82. The number of aliphatic imine (C=N–C) groups is 1. The molecular weight excluding hydrogens is 352 g/mol. The van der Waals surface area contributed by atoms with E-state index in [0.717, 1.165) is 53.6 Å². The highest BCUT2D eigenvalue weighted by Crippen LogP contribution is 2.15. The van der Waals surface area contributed by atoms with Crippen molar-refractivity contribution >= 4 is 5.96 Å². The summed E-state index contributed by atoms with van der Waals surface area (Å²) in [6.07, 6.45) is 5.40. The van der Waals surface area contributed by atoms with Gasteiger partial charge in [0, 0.05) is 37.5 Å². The van der Waals surface area contributed by atoms with Gasteiger partial charge in [-0.25, -0.2) is 9.67 Å². The molecule has 0 unspecified atom stereocenters. The van der Waals surface area contributed by atoms with Crippen LogP contribution >= 0.6 is 0 Å². The fourth-order valence-corrected chi connectivity index (χ4v) is 3.00. The molecule has 7 nitrogen and oxygen atoms in total. The van der Waals surface area contributed by atoms with Crippen LogP contribution < -0.4 is 10.6 Å². The van der Waals surface area contributed by atoms with Crippen LogP contribution in [-0.2, 0) is 25.9 Å². The lowest BCUT2D eigenvalue weighted by molar-refractivity contribution is 0.380. The molecule has 3 rings (SSSR count). The Morgan fingerprint density at radius 3 is 2.57 bits per heavy atom. The van der Waals surface area contributed by atoms with Crippen LogP contribution in [0.15, 0.2) is 52.2 Å². The maximum atomic E-state index is 5.44. The molecule has 0 bridgehead atoms. The number of aromatic nitrogens is 3. The van der Waals surface area contributed by atoms with Gasteiger partial charge in [-0.2, -0.15) is 5.10 Å². The van der Waals surface area contributed by atoms with Gasteiger partial charge in [-0.05, 0) is 37.1 Å². The van der Waals surface area contributed by atoms with Crippen LogP contribution in [0.4, 0.5) is 0 Å². The topological polar surface area (TPSA) is 80.3 Å². The summed E-state index contributed by atoms with van der Waals surface area (Å²) in [5, 5.41) is 15.1. The third kappa shape index (κ3) is 4.79. The number of nitrogens with one attached hydrogen (secondary N) is 2. The lowest BCUT2D eigenvalue weighted by atomic mass is 10.1. The number of nitrogens with zero attached hydrogens (tertiary/aromatic N) is 4. The van der Waals surface area contributed by atoms with Gasteiger partial charge in [0.05, 0.1) is 17.9 Å². The van der Waals surface area contributed by atoms with Gasteiger partial charge in [-0.1, -0.05) is 31.1 Å². The van der Waals surface area contributed by atoms with Gasteiger partial charge < -0.3 is 15.2 Å². The third-order valence-corrected chi connectivity index (χ3v) is 4.51. The molecular formula is C21H28N6O. The SMILES string of the molecule is CCNC(=NCc1ccc(-n2cccn2)cc1)NCc1c(CC)noc1CC. The summed E-state index contributed by atoms with van der Waals surface area (Å²) in [6.45, 7) is 8.28. The number of guanidine groups is 1. The molecule has 28 heavy (non-hydrogen) atoms. The summed E-state index contributed by atoms with van der Waals surface area (Å²) in [6, 6.07) is 10.2. The lowest BCUT2D eigenvalue weighted by Crippen LogP contribution is -2.37. The quantitative estimate of drug-likeness (QED) is 0.463. The molecule has 0 fully saturated rings. The number of aryl methyl sites for hydroxylation is 2. The Balaban J connectivity index is 1.65. The predicted octanol–water partition coefficient (Wildman–Crippen LogP) is 3.24. The predicted molar refractivity (Wildman–Crippen MR) is 110 cm³/mol. The van der Waals surface area contributed by atoms with Gasteiger partial charge in [0.25, 0.3) is 0 Å². The van der Waals surface area contributed by atoms with E-state index in [-0.39, 0.29) is 0 Å². The maximum absolute atomic E-state index is 5.44. The molecule has 0 radical (unpaired) electrons. The monoisotopic (exact) mass is 380 g/mol. The minimum Gasteiger partial charge on any atom is -0.361 e. The van der Waals surface area contributed by atoms with Crippen molar-refractivity contribution in [3.8, 4) is 5.69 Å². The van der Waals surface area contributed by atoms with E-state index >= 15 is 0 Å². The molecule has 148 valence electrons. The van der Waals surface area contributed by atoms with Crippen molar-refractivity contribution in [3.05, 3.63) is 65.3 Å². The van der Waals surface area contributed by atoms with E-state index in [2.05, 4.69) is 65.9 Å². The van der Waals surface area contributed by atoms with Crippen molar-refractivity contribution < 1.29 is 4.52 Å². The summed E-state index contributed by atoms with van der Waals surface area (Å²) < 4.78 is 7.28. The van der Waals surface area contributed by atoms with Crippen LogP contribution in [0.5, 0.6) is 0 Å². The normalized spacial score (nSPS) is 11.6. The zero-order valence-electron chi connectivity index (χ0n) is 16.8. The van der Waals surface area contributed by atoms with Crippen molar-refractivity contribution in [2.24, 2.45) is 4.99 Å². The Bertz CT molecular complexity index is 859. The average Bonchev–Trinajstić information content (AvgIpc) is 3.40. The highest BCUT2D eigenvalue weighted by molar-refractivity contribution is 5.79. The van der Waals surface area contributed by atoms with Gasteiger partial charge in [-0.15, -0.1) is 0 Å². The number of rotatable bonds is 8. The van der Waals surface area contributed by atoms with Gasteiger partial charge in [0.2, 0.25) is 0 Å². The van der Waals surface area contributed by atoms with E-state index in [9.17, 15) is 0 Å². The summed E-state index contributed by atoms with van der Waals surface area (Å²) in [4.78, 5) is 4.71. The fraction of sp³-hybridized carbons (Fsp3) is 0.381. The van der Waals surface area contributed by atoms with Gasteiger partial charge in [0.15, 0.2) is 5.96 Å². The second kappa shape index (κ2) is 9.73. The maximum Gasteiger partial charge on any atom is 0.191 e. The molecule has 0 aliphatic carbocycles. The van der Waals surface area contributed by atoms with Crippen LogP contribution in [0.3, 0.4) is 0 Å². The van der Waals surface area contributed by atoms with E-state index in [1.54, 1.807) is 6.20 Å². The number of hydrogen-bond donors (Lipinski definition) is 2. The minimum atomic E-state index is 0.597. The van der Waals surface area contributed by atoms with Crippen molar-refractivity contribution in [1.82, 2.24) is 25.6 Å². The van der Waals surface area contributed by atoms with Gasteiger partial charge in [-0.3, -0.25) is 0 Å². The van der Waals surface area contributed by atoms with Crippen LogP contribution in [0.1, 0.15) is 43.4 Å². The van der Waals surface area contributed by atoms with Gasteiger partial charge in [0.1, 0.15) is 5.76 Å². The third-order valence-electron chi connectivity index (χ3n) is 4.51. The van der Waals surface area contributed by atoms with E-state index in [1.807, 2.05) is 16.9 Å². The smallest absolute Gasteiger partial charge is 0.191 e. The first-order chi connectivity index (χ1) is 13.7. The Morgan fingerprint density at radius 1 is 1.11 bits per heavy atom. The number of benzene rings is 1. The summed E-state index contributed by atoms with van der Waals surface area (Å²) in [5.41, 5.74) is 4.32. The fourth-order valence-electron chi connectivity index (χ4n) is 3.00. The molecule has 0 amide bonds. The molecule has 1 aromatic carbocycles. The van der Waals surface area contributed by atoms with Crippen LogP contribution in [-0.4, -0.2) is 27.4 Å². The molecule has 0 saturated carbocycles. The molecule has 2 aromatic heterocycles. The molecule has 2 heterocycles. The Kier molecular flexibility index (Phi) is 6.84. The van der Waals surface area contributed by atoms with E-state index in [0.29, 0.717) is 13.1 Å². The van der Waals surface area contributed by atoms with E-state index in [4.69, 9.17) is 9.52 Å². The van der Waals surface area contributed by atoms with E-state index in [1.165, 1.54) is 0 Å². The lowest BCUT2D eigenvalue weighted by Gasteiger charge is -2.12. The minimum absolute atomic E-state index is 0.597. The molecule has 0 saturated heterocycles. The summed E-state index contributed by atoms with van der Waals surface area (Å²) in [7, 11) is 0. The van der Waals surface area contributed by atoms with E-state index < -0.39 is 0 Å². The largest absolute Gasteiger partial charge is 0.361 e. The Labute approximate surface area is 165 Å². The molecule has 3 aromatic rings. The Morgan fingerprint density at radius 2 is 1.93 bits per heavy atom. The number of hydrogen-bond acceptors (Lipinski definition) is 4.